The van der Waals surface area contributed by atoms with Gasteiger partial charge in [0.2, 0.25) is 5.39 Å². The molecule has 2 aromatic carbocycles. The van der Waals surface area contributed by atoms with Gasteiger partial charge in [0.25, 0.3) is 17.5 Å². The summed E-state index contributed by atoms with van der Waals surface area (Å²) in [6.45, 7) is 18.7. The third kappa shape index (κ3) is 41.5. The molecule has 0 aromatic heterocycles. The normalized spacial score (nSPS) is 23.8. The molecule has 2 amide bonds. The van der Waals surface area contributed by atoms with Gasteiger partial charge in [-0.15, -0.1) is 0 Å². The topological polar surface area (TPSA) is 454 Å². The third-order valence-corrected chi connectivity index (χ3v) is 15.0. The first-order valence-corrected chi connectivity index (χ1v) is 32.2. The zero-order valence-corrected chi connectivity index (χ0v) is 62.0. The van der Waals surface area contributed by atoms with Crippen LogP contribution in [0.2, 0.25) is 0 Å². The maximum absolute atomic E-state index is 12.0. The van der Waals surface area contributed by atoms with E-state index in [2.05, 4.69) is 21.3 Å². The van der Waals surface area contributed by atoms with Crippen LogP contribution in [0.4, 0.5) is 24.3 Å². The Bertz CT molecular complexity index is 2720. The van der Waals surface area contributed by atoms with E-state index in [1.807, 2.05) is 27.7 Å². The molecule has 2 aromatic rings. The summed E-state index contributed by atoms with van der Waals surface area (Å²) < 4.78 is 116. The van der Waals surface area contributed by atoms with Crippen LogP contribution in [0, 0.1) is 39.2 Å². The summed E-state index contributed by atoms with van der Waals surface area (Å²) in [6, 6.07) is 11.4. The first kappa shape index (κ1) is 99.9. The average molecular weight is 1520 g/mol. The number of halogens is 4. The molecular weight excluding hydrogens is 1410 g/mol. The van der Waals surface area contributed by atoms with Gasteiger partial charge in [0.15, 0.2) is 36.1 Å². The van der Waals surface area contributed by atoms with E-state index in [0.29, 0.717) is 76.2 Å². The maximum Gasteiger partial charge on any atom is 1.00 e. The Labute approximate surface area is 640 Å². The Morgan fingerprint density at radius 2 is 0.893 bits per heavy atom. The Hall–Kier alpha value is -5.18. The van der Waals surface area contributed by atoms with Crippen LogP contribution in [-0.2, 0) is 95.0 Å². The van der Waals surface area contributed by atoms with Gasteiger partial charge in [0.05, 0.1) is 129 Å². The van der Waals surface area contributed by atoms with Gasteiger partial charge in [0.1, 0.15) is 37.6 Å². The minimum atomic E-state index is -3.67. The molecule has 0 saturated carbocycles. The van der Waals surface area contributed by atoms with Crippen molar-refractivity contribution >= 4 is 54.6 Å². The van der Waals surface area contributed by atoms with Gasteiger partial charge in [-0.2, -0.15) is 0 Å². The first-order chi connectivity index (χ1) is 47.7. The monoisotopic (exact) mass is 1520 g/mol. The van der Waals surface area contributed by atoms with E-state index in [1.54, 1.807) is 12.1 Å². The second kappa shape index (κ2) is 58.0. The molecule has 15 atom stereocenters. The number of aliphatic hydroxyl groups excluding tert-OH is 4. The van der Waals surface area contributed by atoms with E-state index in [0.717, 1.165) is 6.54 Å². The number of benzene rings is 2. The number of esters is 4. The molecule has 9 N–H and O–H groups in total. The van der Waals surface area contributed by atoms with Crippen LogP contribution in [0.1, 0.15) is 85.0 Å². The van der Waals surface area contributed by atoms with Crippen molar-refractivity contribution in [1.29, 1.82) is 5.39 Å². The van der Waals surface area contributed by atoms with Crippen molar-refractivity contribution in [2.45, 2.75) is 131 Å². The molecule has 0 aliphatic carbocycles. The largest absolute Gasteiger partial charge is 1.00 e. The summed E-state index contributed by atoms with van der Waals surface area (Å²) in [5, 5.41) is 63.0. The number of carbonyl (C=O) groups excluding carboxylic acids is 6. The Kier molecular flexibility index (Phi) is 56.2. The summed E-state index contributed by atoms with van der Waals surface area (Å²) in [7, 11) is -3.67. The van der Waals surface area contributed by atoms with Crippen molar-refractivity contribution < 1.29 is 206 Å². The molecule has 3 aliphatic heterocycles. The van der Waals surface area contributed by atoms with Gasteiger partial charge in [-0.1, -0.05) is 35.1 Å². The fourth-order valence-corrected chi connectivity index (χ4v) is 9.31. The first-order valence-electron chi connectivity index (χ1n) is 32.2. The van der Waals surface area contributed by atoms with Gasteiger partial charge < -0.3 is 119 Å². The molecule has 5 rings (SSSR count). The Morgan fingerprint density at radius 3 is 1.23 bits per heavy atom. The number of nitro benzene ring substituents is 1. The number of hydrogen-bond donors (Lipinski definition) is 7. The molecule has 0 bridgehead atoms. The number of hydrogen-bond acceptors (Lipinski definition) is 29. The number of ether oxygens (including phenoxy) is 16. The van der Waals surface area contributed by atoms with Crippen LogP contribution in [0.5, 0.6) is 0 Å². The second-order valence-corrected chi connectivity index (χ2v) is 22.3. The predicted octanol–water partition coefficient (Wildman–Crippen LogP) is -3.98. The quantitative estimate of drug-likeness (QED) is 0.00490. The zero-order chi connectivity index (χ0) is 74.5. The minimum Gasteiger partial charge on any atom is -1.00 e. The van der Waals surface area contributed by atoms with Gasteiger partial charge in [-0.05, 0) is 36.1 Å². The van der Waals surface area contributed by atoms with E-state index in [1.165, 1.54) is 64.1 Å². The fraction of sp³-hybridized carbons (Fsp3) is 0.714. The SMILES string of the molecule is C.CC(=O)OCC1O[C@H](OCCOCCOCCNC(=O)c2ccc([N+](=O)[O-])cc2)C(OC(C)=O)[C@@H](C)[C@@H]1C.CC(=O)OCC1O[C@H](OCCOCCOCC[NH3+])C(OC(C)=O)[C@@H](C)[C@@H]1C.FB(F)F.N#[N+]c1ccc(C(=O)NCCOCCOCCO[C@H]2OC(CO)[C@@H](O)[C@H](O)C2O)cc1.[F-].[H-].[K+]. The van der Waals surface area contributed by atoms with Crippen molar-refractivity contribution in [3.8, 4) is 0 Å². The summed E-state index contributed by atoms with van der Waals surface area (Å²) >= 11 is 0. The number of carbonyl (C=O) groups is 6. The number of non-ortho nitro benzene ring substituents is 1. The van der Waals surface area contributed by atoms with Crippen LogP contribution in [-0.4, -0.2) is 275 Å². The number of nitro groups is 1. The molecule has 34 nitrogen and oxygen atoms in total. The van der Waals surface area contributed by atoms with E-state index in [9.17, 15) is 67.1 Å². The number of aliphatic hydroxyl groups is 4. The number of diazo groups is 1. The third-order valence-electron chi connectivity index (χ3n) is 15.0. The second-order valence-electron chi connectivity index (χ2n) is 22.3. The number of quaternary nitrogens is 1. The molecule has 0 radical (unpaired) electrons. The summed E-state index contributed by atoms with van der Waals surface area (Å²) in [6.07, 6.45) is -10.0. The van der Waals surface area contributed by atoms with Crippen LogP contribution in [0.25, 0.3) is 4.98 Å². The summed E-state index contributed by atoms with van der Waals surface area (Å²) in [4.78, 5) is 82.4. The Balaban J connectivity index is -0.00000142. The summed E-state index contributed by atoms with van der Waals surface area (Å²) in [5.41, 5.74) is 4.72. The van der Waals surface area contributed by atoms with Crippen molar-refractivity contribution in [1.82, 2.24) is 10.6 Å². The van der Waals surface area contributed by atoms with Crippen LogP contribution in [0.15, 0.2) is 48.5 Å². The minimum absolute atomic E-state index is 0. The van der Waals surface area contributed by atoms with Crippen molar-refractivity contribution in [3.63, 3.8) is 0 Å². The predicted molar refractivity (Wildman–Crippen MR) is 349 cm³/mol. The number of nitrogens with one attached hydrogen (secondary N) is 2. The molecular formula is C63H103BF4KN6O28+. The smallest absolute Gasteiger partial charge is 1.00 e. The molecule has 6 unspecified atom stereocenters. The zero-order valence-electron chi connectivity index (χ0n) is 59.9. The van der Waals surface area contributed by atoms with Gasteiger partial charge >= 0.3 is 88.5 Å². The number of amides is 2. The van der Waals surface area contributed by atoms with Crippen LogP contribution < -0.4 is 72.5 Å². The van der Waals surface area contributed by atoms with Gasteiger partial charge in [-0.25, -0.2) is 0 Å². The molecule has 0 spiro atoms. The number of rotatable bonds is 39. The standard InChI is InChI=1S/C25H36N2O11.C19H27N3O9.C18H33NO8.CH4.BF3.FH.K.H/c1-16-17(2)23(37-19(4)29)25(38-22(16)15-36-18(3)28)35-14-13-34-12-11-33-10-9-26-24(30)20-5-7-21(8-6-20)27(31)32;20-22-13-3-1-12(2-4-13)18(27)21-5-6-28-7-8-29-9-10-30-19-17(26)16(25)15(24)14(11-23)31-19;1-12-13(2)17(26-15(4)21)18(27-16(12)11-25-14(3)20)24-10-9-23-8-7-22-6-5-19;;2-1(3)4;;;/h5-8,16-17,22-23,25H,9-15H2,1-4H3,(H,26,30);1-4,14-17,19,23-26H,5-11H2;12-13,16-18H,5-11,19H2,1-4H3;1H4;;1H;;/q;;;;;;+1;-1/p+1/t16-,17-,22?,23?,25-;14?,15-,16+,17?,19+;12-,13-,16?,17?,18-;;;;;/m010...../s1. The van der Waals surface area contributed by atoms with E-state index in [-0.39, 0.29) is 184 Å². The molecule has 3 heterocycles. The molecule has 3 saturated heterocycles. The molecule has 3 aliphatic rings. The molecule has 3 fully saturated rings. The van der Waals surface area contributed by atoms with E-state index < -0.39 is 98.6 Å². The van der Waals surface area contributed by atoms with Crippen molar-refractivity contribution in [2.75, 3.05) is 139 Å². The van der Waals surface area contributed by atoms with Crippen LogP contribution >= 0.6 is 0 Å². The van der Waals surface area contributed by atoms with Crippen molar-refractivity contribution in [3.05, 3.63) is 74.7 Å². The van der Waals surface area contributed by atoms with E-state index in [4.69, 9.17) is 86.3 Å². The maximum atomic E-state index is 12.0. The number of nitrogens with zero attached hydrogens (tertiary/aromatic N) is 3. The van der Waals surface area contributed by atoms with Crippen LogP contribution in [0.3, 0.4) is 0 Å². The molecule has 40 heteroatoms. The van der Waals surface area contributed by atoms with Gasteiger partial charge in [0, 0.05) is 88.0 Å². The van der Waals surface area contributed by atoms with E-state index >= 15 is 0 Å². The average Bonchev–Trinajstić information content (AvgIpc) is 0.824. The molecule has 103 heavy (non-hydrogen) atoms. The Morgan fingerprint density at radius 1 is 0.553 bits per heavy atom. The fourth-order valence-electron chi connectivity index (χ4n) is 9.31. The van der Waals surface area contributed by atoms with Gasteiger partial charge in [-0.3, -0.25) is 51.8 Å². The molecule has 584 valence electrons. The van der Waals surface area contributed by atoms with Crippen molar-refractivity contribution in [2.24, 2.45) is 23.7 Å². The summed E-state index contributed by atoms with van der Waals surface area (Å²) in [5.74, 6) is -2.36.